The van der Waals surface area contributed by atoms with Gasteiger partial charge in [-0.05, 0) is 35.9 Å². The van der Waals surface area contributed by atoms with E-state index in [1.54, 1.807) is 30.6 Å². The summed E-state index contributed by atoms with van der Waals surface area (Å²) in [6.45, 7) is 0. The van der Waals surface area contributed by atoms with Gasteiger partial charge in [0.15, 0.2) is 0 Å². The van der Waals surface area contributed by atoms with E-state index in [0.29, 0.717) is 17.6 Å². The maximum atomic E-state index is 12.5. The Labute approximate surface area is 177 Å². The molecule has 5 rings (SSSR count). The van der Waals surface area contributed by atoms with Crippen molar-refractivity contribution in [3.63, 3.8) is 0 Å². The zero-order chi connectivity index (χ0) is 21.6. The van der Waals surface area contributed by atoms with Crippen LogP contribution in [-0.2, 0) is 16.4 Å². The van der Waals surface area contributed by atoms with Gasteiger partial charge in [-0.25, -0.2) is 13.4 Å². The van der Waals surface area contributed by atoms with Crippen LogP contribution >= 0.6 is 0 Å². The Hall–Kier alpha value is -3.85. The van der Waals surface area contributed by atoms with Gasteiger partial charge in [0.2, 0.25) is 10.0 Å². The molecule has 0 aliphatic carbocycles. The minimum absolute atomic E-state index is 0.180. The quantitative estimate of drug-likeness (QED) is 0.395. The van der Waals surface area contributed by atoms with Crippen molar-refractivity contribution in [2.45, 2.75) is 6.42 Å². The molecule has 5 aromatic rings. The van der Waals surface area contributed by atoms with E-state index in [0.717, 1.165) is 39.7 Å². The van der Waals surface area contributed by atoms with Gasteiger partial charge in [-0.2, -0.15) is 0 Å². The van der Waals surface area contributed by atoms with Crippen molar-refractivity contribution in [2.75, 3.05) is 11.0 Å². The highest BCUT2D eigenvalue weighted by Crippen LogP contribution is 2.29. The number of aromatic nitrogens is 4. The number of hydrogen-bond acceptors (Lipinski definition) is 4. The topological polar surface area (TPSA) is 112 Å². The lowest BCUT2D eigenvalue weighted by molar-refractivity contribution is 0.607. The molecule has 9 heteroatoms. The lowest BCUT2D eigenvalue weighted by atomic mass is 10.1. The van der Waals surface area contributed by atoms with E-state index in [2.05, 4.69) is 19.7 Å². The number of H-pyrrole nitrogens is 2. The molecule has 0 bridgehead atoms. The van der Waals surface area contributed by atoms with E-state index in [1.165, 1.54) is 0 Å². The second-order valence-corrected chi connectivity index (χ2v) is 9.19. The van der Waals surface area contributed by atoms with Crippen molar-refractivity contribution in [3.8, 4) is 11.1 Å². The molecule has 0 saturated carbocycles. The molecule has 3 N–H and O–H groups in total. The summed E-state index contributed by atoms with van der Waals surface area (Å²) in [6, 6.07) is 12.9. The van der Waals surface area contributed by atoms with Crippen LogP contribution in [-0.4, -0.2) is 34.0 Å². The highest BCUT2D eigenvalue weighted by molar-refractivity contribution is 7.92. The lowest BCUT2D eigenvalue weighted by Crippen LogP contribution is -2.12. The number of pyridine rings is 1. The molecule has 0 unspecified atom stereocenters. The fourth-order valence-electron chi connectivity index (χ4n) is 3.81. The van der Waals surface area contributed by atoms with Gasteiger partial charge in [0, 0.05) is 59.1 Å². The zero-order valence-corrected chi connectivity index (χ0v) is 17.4. The van der Waals surface area contributed by atoms with Gasteiger partial charge in [-0.1, -0.05) is 12.1 Å². The highest BCUT2D eigenvalue weighted by Gasteiger charge is 2.13. The molecular weight excluding hydrogens is 414 g/mol. The Morgan fingerprint density at radius 2 is 1.97 bits per heavy atom. The van der Waals surface area contributed by atoms with Gasteiger partial charge in [0.25, 0.3) is 5.56 Å². The Balaban J connectivity index is 1.57. The van der Waals surface area contributed by atoms with Gasteiger partial charge >= 0.3 is 0 Å². The molecule has 156 valence electrons. The number of rotatable bonds is 5. The van der Waals surface area contributed by atoms with Crippen LogP contribution in [0.5, 0.6) is 0 Å². The van der Waals surface area contributed by atoms with Crippen LogP contribution in [0, 0.1) is 0 Å². The van der Waals surface area contributed by atoms with Crippen molar-refractivity contribution in [2.24, 2.45) is 0 Å². The average Bonchev–Trinajstić information content (AvgIpc) is 3.34. The standard InChI is InChI=1S/C22H19N5O3S/c1-31(29,30)26-16-5-2-4-14(8-16)9-17-11-25-22(28)20-10-15(13-27(17)20)19-12-24-21-18(19)6-3-7-23-21/h2-8,10-13,26H,9H2,1H3,(H,23,24)(H,25,28). The predicted molar refractivity (Wildman–Crippen MR) is 121 cm³/mol. The largest absolute Gasteiger partial charge is 0.346 e. The SMILES string of the molecule is CS(=O)(=O)Nc1cccc(Cc2c[nH]c(=O)c3cc(-c4c[nH]c5ncccc45)cn23)c1. The Kier molecular flexibility index (Phi) is 4.40. The number of nitrogens with one attached hydrogen (secondary N) is 3. The summed E-state index contributed by atoms with van der Waals surface area (Å²) in [5, 5.41) is 0.982. The molecule has 0 spiro atoms. The molecular formula is C22H19N5O3S. The predicted octanol–water partition coefficient (Wildman–Crippen LogP) is 3.13. The number of benzene rings is 1. The van der Waals surface area contributed by atoms with Crippen molar-refractivity contribution in [1.29, 1.82) is 0 Å². The molecule has 4 heterocycles. The molecule has 0 saturated heterocycles. The van der Waals surface area contributed by atoms with E-state index in [-0.39, 0.29) is 5.56 Å². The van der Waals surface area contributed by atoms with Crippen LogP contribution < -0.4 is 10.3 Å². The summed E-state index contributed by atoms with van der Waals surface area (Å²) in [4.78, 5) is 22.8. The monoisotopic (exact) mass is 433 g/mol. The van der Waals surface area contributed by atoms with E-state index < -0.39 is 10.0 Å². The van der Waals surface area contributed by atoms with Gasteiger partial charge in [-0.3, -0.25) is 9.52 Å². The number of nitrogens with zero attached hydrogens (tertiary/aromatic N) is 2. The minimum Gasteiger partial charge on any atom is -0.346 e. The number of aromatic amines is 2. The van der Waals surface area contributed by atoms with Crippen LogP contribution in [0.1, 0.15) is 11.3 Å². The molecule has 0 aliphatic rings. The van der Waals surface area contributed by atoms with Crippen molar-refractivity contribution < 1.29 is 8.42 Å². The fraction of sp³-hybridized carbons (Fsp3) is 0.0909. The first-order chi connectivity index (χ1) is 14.9. The highest BCUT2D eigenvalue weighted by atomic mass is 32.2. The Bertz CT molecular complexity index is 1590. The van der Waals surface area contributed by atoms with Gasteiger partial charge in [-0.15, -0.1) is 0 Å². The van der Waals surface area contributed by atoms with Crippen LogP contribution in [0.15, 0.2) is 72.0 Å². The third kappa shape index (κ3) is 3.71. The van der Waals surface area contributed by atoms with E-state index in [4.69, 9.17) is 0 Å². The second kappa shape index (κ2) is 7.13. The average molecular weight is 433 g/mol. The first-order valence-corrected chi connectivity index (χ1v) is 11.5. The maximum Gasteiger partial charge on any atom is 0.272 e. The van der Waals surface area contributed by atoms with Gasteiger partial charge in [0.05, 0.1) is 6.26 Å². The minimum atomic E-state index is -3.36. The zero-order valence-electron chi connectivity index (χ0n) is 16.6. The molecule has 0 atom stereocenters. The molecule has 0 fully saturated rings. The first kappa shape index (κ1) is 19.1. The van der Waals surface area contributed by atoms with E-state index in [9.17, 15) is 13.2 Å². The van der Waals surface area contributed by atoms with Crippen molar-refractivity contribution >= 4 is 32.3 Å². The summed E-state index contributed by atoms with van der Waals surface area (Å²) >= 11 is 0. The molecule has 0 amide bonds. The summed E-state index contributed by atoms with van der Waals surface area (Å²) in [7, 11) is -3.36. The molecule has 0 radical (unpaired) electrons. The Morgan fingerprint density at radius 3 is 2.81 bits per heavy atom. The number of fused-ring (bicyclic) bond motifs is 2. The second-order valence-electron chi connectivity index (χ2n) is 7.45. The van der Waals surface area contributed by atoms with E-state index in [1.807, 2.05) is 41.1 Å². The van der Waals surface area contributed by atoms with Crippen LogP contribution in [0.3, 0.4) is 0 Å². The van der Waals surface area contributed by atoms with Crippen LogP contribution in [0.4, 0.5) is 5.69 Å². The number of sulfonamides is 1. The fourth-order valence-corrected chi connectivity index (χ4v) is 4.37. The van der Waals surface area contributed by atoms with Crippen molar-refractivity contribution in [1.82, 2.24) is 19.4 Å². The van der Waals surface area contributed by atoms with Crippen LogP contribution in [0.25, 0.3) is 27.7 Å². The summed E-state index contributed by atoms with van der Waals surface area (Å²) < 4.78 is 27.4. The normalized spacial score (nSPS) is 11.9. The molecule has 1 aromatic carbocycles. The van der Waals surface area contributed by atoms with E-state index >= 15 is 0 Å². The lowest BCUT2D eigenvalue weighted by Gasteiger charge is -2.08. The third-order valence-electron chi connectivity index (χ3n) is 5.11. The molecule has 31 heavy (non-hydrogen) atoms. The summed E-state index contributed by atoms with van der Waals surface area (Å²) in [5.41, 5.74) is 5.30. The third-order valence-corrected chi connectivity index (χ3v) is 5.72. The van der Waals surface area contributed by atoms with Crippen molar-refractivity contribution in [3.05, 3.63) is 88.9 Å². The van der Waals surface area contributed by atoms with Gasteiger partial charge < -0.3 is 14.4 Å². The maximum absolute atomic E-state index is 12.5. The Morgan fingerprint density at radius 1 is 1.10 bits per heavy atom. The number of anilines is 1. The van der Waals surface area contributed by atoms with Crippen LogP contribution in [0.2, 0.25) is 0 Å². The number of hydrogen-bond donors (Lipinski definition) is 3. The molecule has 8 nitrogen and oxygen atoms in total. The smallest absolute Gasteiger partial charge is 0.272 e. The summed E-state index contributed by atoms with van der Waals surface area (Å²) in [6.07, 6.45) is 8.87. The molecule has 0 aliphatic heterocycles. The first-order valence-electron chi connectivity index (χ1n) is 9.59. The molecule has 4 aromatic heterocycles. The summed E-state index contributed by atoms with van der Waals surface area (Å²) in [5.74, 6) is 0. The van der Waals surface area contributed by atoms with Gasteiger partial charge in [0.1, 0.15) is 11.2 Å².